The van der Waals surface area contributed by atoms with Gasteiger partial charge in [0.25, 0.3) is 10.0 Å². The van der Waals surface area contributed by atoms with Crippen molar-refractivity contribution >= 4 is 44.3 Å². The van der Waals surface area contributed by atoms with Crippen LogP contribution in [-0.4, -0.2) is 36.7 Å². The van der Waals surface area contributed by atoms with Crippen LogP contribution in [0.3, 0.4) is 0 Å². The van der Waals surface area contributed by atoms with Gasteiger partial charge in [-0.25, -0.2) is 13.4 Å². The number of hydrogen-bond acceptors (Lipinski definition) is 6. The molecular formula is C20H21N3O3S3. The van der Waals surface area contributed by atoms with Gasteiger partial charge < -0.3 is 5.32 Å². The van der Waals surface area contributed by atoms with Gasteiger partial charge in [0.05, 0.1) is 16.6 Å². The Morgan fingerprint density at radius 2 is 2.10 bits per heavy atom. The Labute approximate surface area is 178 Å². The van der Waals surface area contributed by atoms with Gasteiger partial charge in [0.15, 0.2) is 0 Å². The number of sulfonamides is 1. The summed E-state index contributed by atoms with van der Waals surface area (Å²) in [7, 11) is -3.53. The van der Waals surface area contributed by atoms with Crippen molar-refractivity contribution in [2.75, 3.05) is 18.4 Å². The molecule has 1 N–H and O–H groups in total. The second-order valence-corrected chi connectivity index (χ2v) is 11.1. The number of aryl methyl sites for hydroxylation is 1. The van der Waals surface area contributed by atoms with Crippen LogP contribution in [-0.2, 0) is 14.8 Å². The molecule has 0 bridgehead atoms. The summed E-state index contributed by atoms with van der Waals surface area (Å²) < 4.78 is 27.3. The largest absolute Gasteiger partial charge is 0.326 e. The number of thiazole rings is 1. The van der Waals surface area contributed by atoms with Crippen LogP contribution in [0, 0.1) is 12.8 Å². The van der Waals surface area contributed by atoms with Crippen molar-refractivity contribution in [2.45, 2.75) is 24.0 Å². The molecule has 1 aromatic carbocycles. The maximum absolute atomic E-state index is 12.8. The quantitative estimate of drug-likeness (QED) is 0.635. The number of anilines is 1. The first-order chi connectivity index (χ1) is 13.9. The molecule has 0 spiro atoms. The highest BCUT2D eigenvalue weighted by Gasteiger charge is 2.33. The van der Waals surface area contributed by atoms with E-state index in [2.05, 4.69) is 10.3 Å². The minimum absolute atomic E-state index is 0.150. The van der Waals surface area contributed by atoms with E-state index in [4.69, 9.17) is 0 Å². The Balaban J connectivity index is 1.46. The Hall–Kier alpha value is -2.07. The Bertz CT molecular complexity index is 1110. The van der Waals surface area contributed by atoms with Gasteiger partial charge in [-0.1, -0.05) is 18.2 Å². The minimum Gasteiger partial charge on any atom is -0.326 e. The molecule has 1 unspecified atom stereocenters. The van der Waals surface area contributed by atoms with E-state index in [1.807, 2.05) is 36.6 Å². The fourth-order valence-corrected chi connectivity index (χ4v) is 6.70. The van der Waals surface area contributed by atoms with E-state index < -0.39 is 10.0 Å². The van der Waals surface area contributed by atoms with E-state index in [0.29, 0.717) is 29.3 Å². The van der Waals surface area contributed by atoms with Crippen LogP contribution < -0.4 is 5.32 Å². The van der Waals surface area contributed by atoms with Crippen molar-refractivity contribution < 1.29 is 13.2 Å². The van der Waals surface area contributed by atoms with Gasteiger partial charge in [-0.15, -0.1) is 22.7 Å². The van der Waals surface area contributed by atoms with Crippen molar-refractivity contribution in [3.8, 4) is 11.3 Å². The Kier molecular flexibility index (Phi) is 5.82. The van der Waals surface area contributed by atoms with Crippen LogP contribution in [0.25, 0.3) is 11.3 Å². The van der Waals surface area contributed by atoms with Crippen LogP contribution >= 0.6 is 22.7 Å². The number of benzene rings is 1. The molecule has 0 radical (unpaired) electrons. The van der Waals surface area contributed by atoms with Gasteiger partial charge >= 0.3 is 0 Å². The zero-order valence-corrected chi connectivity index (χ0v) is 18.3. The third kappa shape index (κ3) is 4.42. The van der Waals surface area contributed by atoms with Gasteiger partial charge in [-0.05, 0) is 43.3 Å². The first-order valence-electron chi connectivity index (χ1n) is 9.30. The number of rotatable bonds is 5. The zero-order valence-electron chi connectivity index (χ0n) is 15.9. The summed E-state index contributed by atoms with van der Waals surface area (Å²) in [4.78, 5) is 17.3. The van der Waals surface area contributed by atoms with Crippen LogP contribution in [0.4, 0.5) is 5.69 Å². The molecule has 1 atom stereocenters. The highest BCUT2D eigenvalue weighted by Crippen LogP contribution is 2.28. The Morgan fingerprint density at radius 3 is 2.83 bits per heavy atom. The average Bonchev–Trinajstić information content (AvgIpc) is 3.40. The molecule has 4 rings (SSSR count). The molecule has 3 aromatic rings. The molecule has 1 saturated heterocycles. The molecule has 0 aliphatic carbocycles. The number of amides is 1. The lowest BCUT2D eigenvalue weighted by atomic mass is 9.98. The lowest BCUT2D eigenvalue weighted by molar-refractivity contribution is -0.120. The summed E-state index contributed by atoms with van der Waals surface area (Å²) >= 11 is 2.78. The maximum Gasteiger partial charge on any atom is 0.252 e. The van der Waals surface area contributed by atoms with Gasteiger partial charge in [-0.3, -0.25) is 4.79 Å². The molecule has 3 heterocycles. The molecule has 9 heteroatoms. The van der Waals surface area contributed by atoms with E-state index in [1.54, 1.807) is 28.8 Å². The number of thiophene rings is 1. The van der Waals surface area contributed by atoms with Gasteiger partial charge in [0.2, 0.25) is 5.91 Å². The second-order valence-electron chi connectivity index (χ2n) is 6.96. The summed E-state index contributed by atoms with van der Waals surface area (Å²) in [6.45, 7) is 2.61. The minimum atomic E-state index is -3.53. The van der Waals surface area contributed by atoms with Crippen LogP contribution in [0.2, 0.25) is 0 Å². The zero-order chi connectivity index (χ0) is 20.4. The van der Waals surface area contributed by atoms with Gasteiger partial charge in [-0.2, -0.15) is 4.31 Å². The van der Waals surface area contributed by atoms with Crippen LogP contribution in [0.15, 0.2) is 51.4 Å². The third-order valence-electron chi connectivity index (χ3n) is 4.89. The molecule has 0 saturated carbocycles. The number of aromatic nitrogens is 1. The molecule has 1 aliphatic heterocycles. The van der Waals surface area contributed by atoms with E-state index in [1.165, 1.54) is 15.6 Å². The highest BCUT2D eigenvalue weighted by atomic mass is 32.2. The molecule has 6 nitrogen and oxygen atoms in total. The van der Waals surface area contributed by atoms with Crippen molar-refractivity contribution in [3.63, 3.8) is 0 Å². The molecule has 1 aliphatic rings. The van der Waals surface area contributed by atoms with E-state index >= 15 is 0 Å². The molecule has 1 fully saturated rings. The predicted octanol–water partition coefficient (Wildman–Crippen LogP) is 4.22. The van der Waals surface area contributed by atoms with Crippen LogP contribution in [0.1, 0.15) is 17.8 Å². The summed E-state index contributed by atoms with van der Waals surface area (Å²) in [5.74, 6) is -0.522. The monoisotopic (exact) mass is 447 g/mol. The smallest absolute Gasteiger partial charge is 0.252 e. The number of nitrogens with zero attached hydrogens (tertiary/aromatic N) is 2. The van der Waals surface area contributed by atoms with Crippen molar-refractivity contribution in [1.82, 2.24) is 9.29 Å². The lowest BCUT2D eigenvalue weighted by Gasteiger charge is -2.30. The van der Waals surface area contributed by atoms with Gasteiger partial charge in [0, 0.05) is 29.7 Å². The second kappa shape index (κ2) is 8.35. The average molecular weight is 448 g/mol. The number of piperidine rings is 1. The summed E-state index contributed by atoms with van der Waals surface area (Å²) in [5, 5.41) is 7.68. The topological polar surface area (TPSA) is 79.4 Å². The summed E-state index contributed by atoms with van der Waals surface area (Å²) in [5.41, 5.74) is 2.52. The fourth-order valence-electron chi connectivity index (χ4n) is 3.41. The molecular weight excluding hydrogens is 426 g/mol. The summed E-state index contributed by atoms with van der Waals surface area (Å²) in [6.07, 6.45) is 1.34. The number of carbonyl (C=O) groups is 1. The van der Waals surface area contributed by atoms with E-state index in [0.717, 1.165) is 16.3 Å². The predicted molar refractivity (Wildman–Crippen MR) is 117 cm³/mol. The van der Waals surface area contributed by atoms with E-state index in [9.17, 15) is 13.2 Å². The van der Waals surface area contributed by atoms with Crippen LogP contribution in [0.5, 0.6) is 0 Å². The molecule has 152 valence electrons. The lowest BCUT2D eigenvalue weighted by Crippen LogP contribution is -2.43. The first kappa shape index (κ1) is 20.2. The van der Waals surface area contributed by atoms with E-state index in [-0.39, 0.29) is 18.4 Å². The normalized spacial score (nSPS) is 17.9. The number of carbonyl (C=O) groups excluding carboxylic acids is 1. The fraction of sp³-hybridized carbons (Fsp3) is 0.300. The van der Waals surface area contributed by atoms with Crippen molar-refractivity contribution in [1.29, 1.82) is 0 Å². The van der Waals surface area contributed by atoms with Crippen molar-refractivity contribution in [2.24, 2.45) is 5.92 Å². The highest BCUT2D eigenvalue weighted by molar-refractivity contribution is 7.91. The third-order valence-corrected chi connectivity index (χ3v) is 8.90. The van der Waals surface area contributed by atoms with Gasteiger partial charge in [0.1, 0.15) is 4.21 Å². The number of hydrogen-bond donors (Lipinski definition) is 1. The maximum atomic E-state index is 12.8. The standard InChI is InChI=1S/C20H21N3O3S3/c1-14-21-18(13-28-14)15-5-2-7-17(11-15)22-20(24)16-6-3-9-23(12-16)29(25,26)19-8-4-10-27-19/h2,4-5,7-8,10-11,13,16H,3,6,9,12H2,1H3,(H,22,24). The summed E-state index contributed by atoms with van der Waals surface area (Å²) in [6, 6.07) is 10.9. The number of nitrogens with one attached hydrogen (secondary N) is 1. The van der Waals surface area contributed by atoms with Crippen molar-refractivity contribution in [3.05, 3.63) is 52.2 Å². The SMILES string of the molecule is Cc1nc(-c2cccc(NC(=O)C3CCCN(S(=O)(=O)c4cccs4)C3)c2)cs1. The molecule has 1 amide bonds. The Morgan fingerprint density at radius 1 is 1.24 bits per heavy atom. The molecule has 29 heavy (non-hydrogen) atoms. The molecule has 2 aromatic heterocycles. The first-order valence-corrected chi connectivity index (χ1v) is 12.5.